The second-order valence-corrected chi connectivity index (χ2v) is 9.97. The average Bonchev–Trinajstić information content (AvgIpc) is 2.82. The number of aromatic nitrogens is 2. The van der Waals surface area contributed by atoms with Crippen molar-refractivity contribution in [1.82, 2.24) is 14.7 Å². The maximum absolute atomic E-state index is 13.2. The van der Waals surface area contributed by atoms with Crippen molar-refractivity contribution < 1.29 is 4.39 Å². The van der Waals surface area contributed by atoms with Crippen LogP contribution in [0.5, 0.6) is 0 Å². The monoisotopic (exact) mass is 480 g/mol. The third-order valence-corrected chi connectivity index (χ3v) is 7.15. The van der Waals surface area contributed by atoms with Crippen LogP contribution in [0.1, 0.15) is 24.8 Å². The highest BCUT2D eigenvalue weighted by Crippen LogP contribution is 2.21. The molecular formula is C24H25FN6S2. The van der Waals surface area contributed by atoms with Crippen LogP contribution in [0.2, 0.25) is 0 Å². The van der Waals surface area contributed by atoms with Crippen molar-refractivity contribution in [3.63, 3.8) is 0 Å². The van der Waals surface area contributed by atoms with E-state index in [9.17, 15) is 4.39 Å². The van der Waals surface area contributed by atoms with E-state index in [-0.39, 0.29) is 5.82 Å². The van der Waals surface area contributed by atoms with Crippen LogP contribution in [-0.4, -0.2) is 28.8 Å². The molecule has 4 N–H and O–H groups in total. The summed E-state index contributed by atoms with van der Waals surface area (Å²) in [6.45, 7) is 1.44. The molecule has 0 fully saturated rings. The van der Waals surface area contributed by atoms with Crippen molar-refractivity contribution >= 4 is 40.1 Å². The molecule has 4 rings (SSSR count). The van der Waals surface area contributed by atoms with Gasteiger partial charge in [-0.15, -0.1) is 0 Å². The SMILES string of the molecule is N=S1CCCCNc2nc(ncc2C#CCCNSc2cccc(F)c2)Nc2cccc1c2. The van der Waals surface area contributed by atoms with Crippen LogP contribution in [0.25, 0.3) is 0 Å². The minimum Gasteiger partial charge on any atom is -0.369 e. The van der Waals surface area contributed by atoms with E-state index in [0.29, 0.717) is 24.7 Å². The first kappa shape index (κ1) is 23.2. The van der Waals surface area contributed by atoms with Crippen molar-refractivity contribution in [3.8, 4) is 11.8 Å². The van der Waals surface area contributed by atoms with Gasteiger partial charge < -0.3 is 10.6 Å². The van der Waals surface area contributed by atoms with Crippen LogP contribution in [-0.2, 0) is 10.7 Å². The Hall–Kier alpha value is -2.93. The van der Waals surface area contributed by atoms with Gasteiger partial charge in [0.1, 0.15) is 11.6 Å². The Labute approximate surface area is 200 Å². The van der Waals surface area contributed by atoms with Crippen LogP contribution in [0, 0.1) is 22.4 Å². The summed E-state index contributed by atoms with van der Waals surface area (Å²) in [6.07, 6.45) is 4.31. The molecule has 4 bridgehead atoms. The third kappa shape index (κ3) is 7.02. The number of benzene rings is 2. The lowest BCUT2D eigenvalue weighted by atomic mass is 10.2. The minimum atomic E-state index is -0.521. The molecule has 0 spiro atoms. The van der Waals surface area contributed by atoms with Gasteiger partial charge >= 0.3 is 0 Å². The van der Waals surface area contributed by atoms with Crippen LogP contribution in [0.3, 0.4) is 0 Å². The third-order valence-electron chi connectivity index (χ3n) is 4.79. The van der Waals surface area contributed by atoms with E-state index in [2.05, 4.69) is 37.2 Å². The number of anilines is 3. The molecule has 1 unspecified atom stereocenters. The van der Waals surface area contributed by atoms with E-state index in [1.807, 2.05) is 30.3 Å². The van der Waals surface area contributed by atoms with Crippen molar-refractivity contribution in [2.45, 2.75) is 29.1 Å². The molecule has 2 aromatic carbocycles. The Morgan fingerprint density at radius 3 is 3.00 bits per heavy atom. The van der Waals surface area contributed by atoms with Crippen LogP contribution in [0.4, 0.5) is 21.8 Å². The molecule has 0 radical (unpaired) electrons. The molecule has 33 heavy (non-hydrogen) atoms. The molecule has 1 aliphatic heterocycles. The lowest BCUT2D eigenvalue weighted by Crippen LogP contribution is -2.08. The molecule has 1 aliphatic rings. The standard InChI is InChI=1S/C24H25FN6S2/c25-19-8-5-10-21(15-19)32-29-13-2-1-7-18-17-28-24-30-20-9-6-11-22(16-20)33(26)14-4-3-12-27-23(18)31-24/h5-6,8-11,15-17,26,29H,2-4,12-14H2,(H2,27,28,30,31). The van der Waals surface area contributed by atoms with E-state index >= 15 is 0 Å². The quantitative estimate of drug-likeness (QED) is 0.229. The molecule has 1 atom stereocenters. The summed E-state index contributed by atoms with van der Waals surface area (Å²) in [7, 11) is -0.521. The van der Waals surface area contributed by atoms with Crippen LogP contribution < -0.4 is 15.4 Å². The van der Waals surface area contributed by atoms with E-state index in [1.54, 1.807) is 12.3 Å². The summed E-state index contributed by atoms with van der Waals surface area (Å²) in [5.74, 6) is 8.14. The molecule has 0 aliphatic carbocycles. The van der Waals surface area contributed by atoms with Gasteiger partial charge in [0.2, 0.25) is 5.95 Å². The molecule has 0 saturated heterocycles. The van der Waals surface area contributed by atoms with E-state index in [0.717, 1.165) is 46.2 Å². The predicted molar refractivity (Wildman–Crippen MR) is 134 cm³/mol. The molecule has 0 amide bonds. The van der Waals surface area contributed by atoms with Crippen molar-refractivity contribution in [2.75, 3.05) is 29.5 Å². The number of rotatable bonds is 4. The van der Waals surface area contributed by atoms with Gasteiger partial charge in [0.05, 0.1) is 11.8 Å². The van der Waals surface area contributed by atoms with Gasteiger partial charge in [-0.05, 0) is 61.2 Å². The maximum atomic E-state index is 13.2. The normalized spacial score (nSPS) is 15.5. The van der Waals surface area contributed by atoms with Crippen LogP contribution >= 0.6 is 11.9 Å². The number of nitrogens with one attached hydrogen (secondary N) is 4. The van der Waals surface area contributed by atoms with Crippen LogP contribution in [0.15, 0.2) is 64.5 Å². The second kappa shape index (κ2) is 11.8. The van der Waals surface area contributed by atoms with Gasteiger partial charge in [-0.1, -0.05) is 34.7 Å². The Kier molecular flexibility index (Phi) is 8.30. The van der Waals surface area contributed by atoms with Gasteiger partial charge in [0, 0.05) is 40.7 Å². The van der Waals surface area contributed by atoms with Gasteiger partial charge in [-0.25, -0.2) is 9.37 Å². The summed E-state index contributed by atoms with van der Waals surface area (Å²) >= 11 is 1.39. The summed E-state index contributed by atoms with van der Waals surface area (Å²) < 4.78 is 24.9. The molecule has 1 aromatic heterocycles. The molecule has 9 heteroatoms. The molecule has 3 aromatic rings. The smallest absolute Gasteiger partial charge is 0.229 e. The lowest BCUT2D eigenvalue weighted by molar-refractivity contribution is 0.624. The largest absolute Gasteiger partial charge is 0.369 e. The summed E-state index contributed by atoms with van der Waals surface area (Å²) in [4.78, 5) is 10.9. The number of hydrogen-bond donors (Lipinski definition) is 4. The van der Waals surface area contributed by atoms with Gasteiger partial charge in [-0.3, -0.25) is 9.50 Å². The summed E-state index contributed by atoms with van der Waals surface area (Å²) in [5, 5.41) is 6.63. The molecule has 2 heterocycles. The fourth-order valence-corrected chi connectivity index (χ4v) is 5.09. The topological polar surface area (TPSA) is 85.7 Å². The van der Waals surface area contributed by atoms with Gasteiger partial charge in [0.25, 0.3) is 0 Å². The number of hydrogen-bond acceptors (Lipinski definition) is 7. The van der Waals surface area contributed by atoms with E-state index in [1.165, 1.54) is 24.1 Å². The predicted octanol–water partition coefficient (Wildman–Crippen LogP) is 5.34. The Morgan fingerprint density at radius 1 is 1.18 bits per heavy atom. The van der Waals surface area contributed by atoms with E-state index in [4.69, 9.17) is 4.78 Å². The molecular weight excluding hydrogens is 455 g/mol. The van der Waals surface area contributed by atoms with Crippen molar-refractivity contribution in [1.29, 1.82) is 4.78 Å². The highest BCUT2D eigenvalue weighted by Gasteiger charge is 2.09. The Bertz CT molecular complexity index is 1190. The number of halogens is 1. The summed E-state index contributed by atoms with van der Waals surface area (Å²) in [6, 6.07) is 14.4. The molecule has 6 nitrogen and oxygen atoms in total. The number of nitrogens with zero attached hydrogens (tertiary/aromatic N) is 2. The zero-order valence-electron chi connectivity index (χ0n) is 18.0. The highest BCUT2D eigenvalue weighted by molar-refractivity contribution is 7.97. The first-order valence-electron chi connectivity index (χ1n) is 10.7. The Balaban J connectivity index is 1.40. The number of fused-ring (bicyclic) bond motifs is 4. The van der Waals surface area contributed by atoms with Gasteiger partial charge in [-0.2, -0.15) is 4.98 Å². The molecule has 170 valence electrons. The van der Waals surface area contributed by atoms with Crippen molar-refractivity contribution in [2.24, 2.45) is 0 Å². The highest BCUT2D eigenvalue weighted by atomic mass is 32.2. The Morgan fingerprint density at radius 2 is 2.09 bits per heavy atom. The first-order chi connectivity index (χ1) is 16.2. The van der Waals surface area contributed by atoms with Gasteiger partial charge in [0.15, 0.2) is 0 Å². The lowest BCUT2D eigenvalue weighted by Gasteiger charge is -2.10. The second-order valence-electron chi connectivity index (χ2n) is 7.34. The zero-order valence-corrected chi connectivity index (χ0v) is 19.7. The molecule has 0 saturated carbocycles. The summed E-state index contributed by atoms with van der Waals surface area (Å²) in [5.41, 5.74) is 1.63. The minimum absolute atomic E-state index is 0.242. The average molecular weight is 481 g/mol. The maximum Gasteiger partial charge on any atom is 0.229 e. The van der Waals surface area contributed by atoms with E-state index < -0.39 is 10.7 Å². The zero-order chi connectivity index (χ0) is 22.9. The van der Waals surface area contributed by atoms with Crippen molar-refractivity contribution in [3.05, 3.63) is 66.1 Å². The fraction of sp³-hybridized carbons (Fsp3) is 0.250. The first-order valence-corrected chi connectivity index (χ1v) is 12.9. The fourth-order valence-electron chi connectivity index (χ4n) is 3.16.